The average molecular weight is 284 g/mol. The third-order valence-corrected chi connectivity index (χ3v) is 4.33. The molecule has 19 heavy (non-hydrogen) atoms. The van der Waals surface area contributed by atoms with Crippen molar-refractivity contribution in [3.8, 4) is 0 Å². The van der Waals surface area contributed by atoms with Gasteiger partial charge >= 0.3 is 0 Å². The third kappa shape index (κ3) is 4.47. The highest BCUT2D eigenvalue weighted by molar-refractivity contribution is 7.99. The van der Waals surface area contributed by atoms with Crippen molar-refractivity contribution in [2.45, 2.75) is 24.9 Å². The van der Waals surface area contributed by atoms with Gasteiger partial charge < -0.3 is 10.4 Å². The molecule has 1 aromatic rings. The van der Waals surface area contributed by atoms with Crippen molar-refractivity contribution in [2.24, 2.45) is 0 Å². The number of aromatic nitrogens is 1. The van der Waals surface area contributed by atoms with E-state index >= 15 is 0 Å². The smallest absolute Gasteiger partial charge is 0.220 e. The number of amides is 1. The van der Waals surface area contributed by atoms with Crippen LogP contribution in [-0.4, -0.2) is 39.6 Å². The maximum Gasteiger partial charge on any atom is 0.220 e. The minimum absolute atomic E-state index is 0.130. The van der Waals surface area contributed by atoms with Gasteiger partial charge in [-0.2, -0.15) is 11.8 Å². The number of nitrogens with one attached hydrogen (secondary N) is 1. The first-order chi connectivity index (χ1) is 9.07. The van der Waals surface area contributed by atoms with E-state index in [0.717, 1.165) is 11.9 Å². The average Bonchev–Trinajstić information content (AvgIpc) is 2.82. The highest BCUT2D eigenvalue weighted by Gasteiger charge is 2.31. The summed E-state index contributed by atoms with van der Waals surface area (Å²) in [5, 5.41) is 12.8. The molecule has 6 heteroatoms. The van der Waals surface area contributed by atoms with Crippen LogP contribution in [0.2, 0.25) is 0 Å². The van der Waals surface area contributed by atoms with Crippen LogP contribution in [0, 0.1) is 5.82 Å². The van der Waals surface area contributed by atoms with Gasteiger partial charge in [-0.15, -0.1) is 0 Å². The molecule has 1 fully saturated rings. The third-order valence-electron chi connectivity index (χ3n) is 3.10. The molecule has 1 aromatic heterocycles. The van der Waals surface area contributed by atoms with Gasteiger partial charge in [-0.05, 0) is 30.2 Å². The molecular formula is C13H17FN2O2S. The first kappa shape index (κ1) is 14.3. The predicted molar refractivity (Wildman–Crippen MR) is 72.4 cm³/mol. The summed E-state index contributed by atoms with van der Waals surface area (Å²) in [5.41, 5.74) is -0.0638. The van der Waals surface area contributed by atoms with Crippen LogP contribution >= 0.6 is 11.8 Å². The van der Waals surface area contributed by atoms with E-state index in [-0.39, 0.29) is 12.3 Å². The first-order valence-electron chi connectivity index (χ1n) is 6.24. The number of aliphatic hydroxyl groups is 1. The Bertz CT molecular complexity index is 450. The quantitative estimate of drug-likeness (QED) is 0.851. The van der Waals surface area contributed by atoms with Gasteiger partial charge in [-0.1, -0.05) is 0 Å². The van der Waals surface area contributed by atoms with Gasteiger partial charge in [0.15, 0.2) is 0 Å². The normalized spacial score (nSPS) is 22.4. The zero-order valence-electron chi connectivity index (χ0n) is 10.6. The molecule has 0 radical (unpaired) electrons. The van der Waals surface area contributed by atoms with Crippen LogP contribution in [0.1, 0.15) is 18.4 Å². The lowest BCUT2D eigenvalue weighted by Gasteiger charge is -2.21. The zero-order chi connectivity index (χ0) is 13.7. The summed E-state index contributed by atoms with van der Waals surface area (Å²) in [5.74, 6) is 1.08. The van der Waals surface area contributed by atoms with Gasteiger partial charge in [0.05, 0.1) is 11.8 Å². The molecule has 2 rings (SSSR count). The van der Waals surface area contributed by atoms with Crippen molar-refractivity contribution < 1.29 is 14.3 Å². The summed E-state index contributed by atoms with van der Waals surface area (Å²) in [4.78, 5) is 15.4. The highest BCUT2D eigenvalue weighted by atomic mass is 32.2. The van der Waals surface area contributed by atoms with E-state index in [1.807, 2.05) is 0 Å². The molecule has 0 spiro atoms. The number of halogens is 1. The Morgan fingerprint density at radius 1 is 1.58 bits per heavy atom. The Morgan fingerprint density at radius 2 is 2.42 bits per heavy atom. The molecule has 2 N–H and O–H groups in total. The molecule has 0 aliphatic carbocycles. The number of nitrogens with zero attached hydrogens (tertiary/aromatic N) is 1. The first-order valence-corrected chi connectivity index (χ1v) is 7.39. The molecule has 0 saturated carbocycles. The molecular weight excluding hydrogens is 267 g/mol. The van der Waals surface area contributed by atoms with Gasteiger partial charge in [0, 0.05) is 24.9 Å². The van der Waals surface area contributed by atoms with Gasteiger partial charge in [0.1, 0.15) is 5.82 Å². The lowest BCUT2D eigenvalue weighted by atomic mass is 10.0. The molecule has 1 aliphatic heterocycles. The Labute approximate surface area is 115 Å². The molecule has 2 heterocycles. The lowest BCUT2D eigenvalue weighted by molar-refractivity contribution is -0.122. The maximum absolute atomic E-state index is 12.9. The number of thioether (sulfide) groups is 1. The van der Waals surface area contributed by atoms with E-state index in [9.17, 15) is 14.3 Å². The summed E-state index contributed by atoms with van der Waals surface area (Å²) in [6.07, 6.45) is 4.12. The predicted octanol–water partition coefficient (Wildman–Crippen LogP) is 1.14. The van der Waals surface area contributed by atoms with Crippen molar-refractivity contribution >= 4 is 17.7 Å². The number of pyridine rings is 1. The van der Waals surface area contributed by atoms with Crippen molar-refractivity contribution in [2.75, 3.05) is 18.1 Å². The topological polar surface area (TPSA) is 62.2 Å². The lowest BCUT2D eigenvalue weighted by Crippen LogP contribution is -2.43. The van der Waals surface area contributed by atoms with E-state index in [1.54, 1.807) is 18.0 Å². The molecule has 1 unspecified atom stereocenters. The van der Waals surface area contributed by atoms with Crippen LogP contribution in [0.4, 0.5) is 4.39 Å². The maximum atomic E-state index is 12.9. The van der Waals surface area contributed by atoms with E-state index in [4.69, 9.17) is 0 Å². The molecule has 4 nitrogen and oxygen atoms in total. The van der Waals surface area contributed by atoms with Crippen molar-refractivity contribution in [3.63, 3.8) is 0 Å². The van der Waals surface area contributed by atoms with E-state index < -0.39 is 11.4 Å². The van der Waals surface area contributed by atoms with Crippen LogP contribution < -0.4 is 5.32 Å². The fourth-order valence-corrected chi connectivity index (χ4v) is 3.23. The Morgan fingerprint density at radius 3 is 3.11 bits per heavy atom. The summed E-state index contributed by atoms with van der Waals surface area (Å²) < 4.78 is 12.9. The van der Waals surface area contributed by atoms with Crippen molar-refractivity contribution in [3.05, 3.63) is 29.8 Å². The second-order valence-electron chi connectivity index (χ2n) is 4.82. The summed E-state index contributed by atoms with van der Waals surface area (Å²) >= 11 is 1.69. The Balaban J connectivity index is 1.73. The van der Waals surface area contributed by atoms with E-state index in [1.165, 1.54) is 6.07 Å². The SMILES string of the molecule is O=C(CCc1cncc(F)c1)NCC1(O)CCSC1. The largest absolute Gasteiger partial charge is 0.387 e. The van der Waals surface area contributed by atoms with Gasteiger partial charge in [-0.3, -0.25) is 9.78 Å². The Hall–Kier alpha value is -1.14. The zero-order valence-corrected chi connectivity index (χ0v) is 11.4. The number of rotatable bonds is 5. The van der Waals surface area contributed by atoms with Crippen LogP contribution in [-0.2, 0) is 11.2 Å². The molecule has 1 atom stereocenters. The molecule has 1 aliphatic rings. The number of aryl methyl sites for hydroxylation is 1. The molecule has 1 amide bonds. The summed E-state index contributed by atoms with van der Waals surface area (Å²) in [6.45, 7) is 0.292. The molecule has 0 bridgehead atoms. The molecule has 1 saturated heterocycles. The van der Waals surface area contributed by atoms with Crippen LogP contribution in [0.3, 0.4) is 0 Å². The molecule has 0 aromatic carbocycles. The number of hydrogen-bond donors (Lipinski definition) is 2. The minimum atomic E-state index is -0.763. The number of carbonyl (C=O) groups is 1. The van der Waals surface area contributed by atoms with Crippen molar-refractivity contribution in [1.82, 2.24) is 10.3 Å². The molecule has 104 valence electrons. The fraction of sp³-hybridized carbons (Fsp3) is 0.538. The van der Waals surface area contributed by atoms with Gasteiger partial charge in [0.25, 0.3) is 0 Å². The second-order valence-corrected chi connectivity index (χ2v) is 5.92. The summed E-state index contributed by atoms with van der Waals surface area (Å²) in [6, 6.07) is 1.38. The van der Waals surface area contributed by atoms with Crippen molar-refractivity contribution in [1.29, 1.82) is 0 Å². The Kier molecular flexibility index (Phi) is 4.76. The van der Waals surface area contributed by atoms with Crippen LogP contribution in [0.15, 0.2) is 18.5 Å². The highest BCUT2D eigenvalue weighted by Crippen LogP contribution is 2.26. The van der Waals surface area contributed by atoms with Gasteiger partial charge in [0.2, 0.25) is 5.91 Å². The monoisotopic (exact) mass is 284 g/mol. The minimum Gasteiger partial charge on any atom is -0.387 e. The van der Waals surface area contributed by atoms with Crippen LogP contribution in [0.5, 0.6) is 0 Å². The second kappa shape index (κ2) is 6.34. The number of carbonyl (C=O) groups excluding carboxylic acids is 1. The summed E-state index contributed by atoms with van der Waals surface area (Å²) in [7, 11) is 0. The number of hydrogen-bond acceptors (Lipinski definition) is 4. The fourth-order valence-electron chi connectivity index (χ4n) is 1.94. The van der Waals surface area contributed by atoms with Crippen LogP contribution in [0.25, 0.3) is 0 Å². The van der Waals surface area contributed by atoms with Gasteiger partial charge in [-0.25, -0.2) is 4.39 Å². The standard InChI is InChI=1S/C13H17FN2O2S/c14-11-5-10(6-15-7-11)1-2-12(17)16-8-13(18)3-4-19-9-13/h5-7,18H,1-4,8-9H2,(H,16,17). The van der Waals surface area contributed by atoms with E-state index in [2.05, 4.69) is 10.3 Å². The van der Waals surface area contributed by atoms with E-state index in [0.29, 0.717) is 30.7 Å².